The zero-order valence-electron chi connectivity index (χ0n) is 13.9. The Morgan fingerprint density at radius 1 is 1.27 bits per heavy atom. The molecule has 0 spiro atoms. The molecule has 1 aromatic carbocycles. The molecule has 1 N–H and O–H groups in total. The smallest absolute Gasteiger partial charge is 0.0461 e. The fourth-order valence-electron chi connectivity index (χ4n) is 4.63. The summed E-state index contributed by atoms with van der Waals surface area (Å²) in [5.74, 6) is 0.567. The molecule has 1 aromatic heterocycles. The van der Waals surface area contributed by atoms with Gasteiger partial charge in [-0.1, -0.05) is 37.6 Å². The molecule has 0 bridgehead atoms. The third-order valence-corrected chi connectivity index (χ3v) is 5.49. The van der Waals surface area contributed by atoms with Crippen LogP contribution in [0.25, 0.3) is 10.9 Å². The van der Waals surface area contributed by atoms with Crippen LogP contribution in [0.3, 0.4) is 0 Å². The second kappa shape index (κ2) is 5.27. The highest BCUT2D eigenvalue weighted by molar-refractivity contribution is 5.90. The summed E-state index contributed by atoms with van der Waals surface area (Å²) in [7, 11) is 0. The molecule has 0 saturated heterocycles. The molecule has 4 rings (SSSR count). The number of H-pyrrole nitrogens is 1. The first kappa shape index (κ1) is 14.1. The molecule has 1 aliphatic heterocycles. The summed E-state index contributed by atoms with van der Waals surface area (Å²) in [6, 6.07) is 7.46. The SMILES string of the molecule is CCCN1CC(C)=C[C@@H]2c3cccc4[nH]c(CC)c(c34)C[C@H]21. The van der Waals surface area contributed by atoms with Gasteiger partial charge in [0.25, 0.3) is 0 Å². The quantitative estimate of drug-likeness (QED) is 0.831. The van der Waals surface area contributed by atoms with E-state index in [-0.39, 0.29) is 0 Å². The molecule has 116 valence electrons. The van der Waals surface area contributed by atoms with Crippen LogP contribution in [0.4, 0.5) is 0 Å². The number of nitrogens with one attached hydrogen (secondary N) is 1. The number of fused-ring (bicyclic) bond motifs is 2. The summed E-state index contributed by atoms with van der Waals surface area (Å²) in [5.41, 5.74) is 7.44. The predicted octanol–water partition coefficient (Wildman–Crippen LogP) is 4.41. The molecule has 2 heterocycles. The van der Waals surface area contributed by atoms with E-state index in [2.05, 4.69) is 54.9 Å². The third-order valence-electron chi connectivity index (χ3n) is 5.49. The van der Waals surface area contributed by atoms with Gasteiger partial charge in [-0.15, -0.1) is 0 Å². The van der Waals surface area contributed by atoms with E-state index in [0.717, 1.165) is 13.0 Å². The van der Waals surface area contributed by atoms with Crippen molar-refractivity contribution in [2.45, 2.75) is 52.0 Å². The summed E-state index contributed by atoms with van der Waals surface area (Å²) in [6.45, 7) is 9.21. The van der Waals surface area contributed by atoms with Crippen molar-refractivity contribution in [3.8, 4) is 0 Å². The Balaban J connectivity index is 1.91. The fourth-order valence-corrected chi connectivity index (χ4v) is 4.63. The summed E-state index contributed by atoms with van der Waals surface area (Å²) in [4.78, 5) is 6.39. The highest BCUT2D eigenvalue weighted by atomic mass is 15.2. The van der Waals surface area contributed by atoms with E-state index in [9.17, 15) is 0 Å². The van der Waals surface area contributed by atoms with Crippen LogP contribution in [-0.4, -0.2) is 29.0 Å². The van der Waals surface area contributed by atoms with Gasteiger partial charge >= 0.3 is 0 Å². The zero-order chi connectivity index (χ0) is 15.3. The lowest BCUT2D eigenvalue weighted by Crippen LogP contribution is -2.46. The van der Waals surface area contributed by atoms with Crippen LogP contribution in [0.1, 0.15) is 49.9 Å². The number of hydrogen-bond donors (Lipinski definition) is 1. The Labute approximate surface area is 133 Å². The Morgan fingerprint density at radius 3 is 2.91 bits per heavy atom. The average molecular weight is 294 g/mol. The molecule has 2 aliphatic rings. The number of benzene rings is 1. The van der Waals surface area contributed by atoms with Gasteiger partial charge in [-0.2, -0.15) is 0 Å². The molecule has 22 heavy (non-hydrogen) atoms. The van der Waals surface area contributed by atoms with Crippen LogP contribution in [-0.2, 0) is 12.8 Å². The molecule has 2 atom stereocenters. The van der Waals surface area contributed by atoms with E-state index in [0.29, 0.717) is 12.0 Å². The van der Waals surface area contributed by atoms with Crippen molar-refractivity contribution in [1.29, 1.82) is 0 Å². The van der Waals surface area contributed by atoms with Crippen molar-refractivity contribution in [3.05, 3.63) is 46.7 Å². The highest BCUT2D eigenvalue weighted by Gasteiger charge is 2.37. The van der Waals surface area contributed by atoms with Gasteiger partial charge < -0.3 is 4.98 Å². The average Bonchev–Trinajstić information content (AvgIpc) is 2.88. The number of aromatic nitrogens is 1. The van der Waals surface area contributed by atoms with Crippen molar-refractivity contribution < 1.29 is 0 Å². The van der Waals surface area contributed by atoms with Crippen molar-refractivity contribution >= 4 is 10.9 Å². The molecule has 1 aliphatic carbocycles. The van der Waals surface area contributed by atoms with Gasteiger partial charge in [0.05, 0.1) is 0 Å². The Morgan fingerprint density at radius 2 is 2.14 bits per heavy atom. The standard InChI is InChI=1S/C20H26N2/c1-4-9-22-12-13(3)10-15-14-7-6-8-18-20(14)16(11-19(15)22)17(5-2)21-18/h6-8,10,15,19,21H,4-5,9,11-12H2,1-3H3/t15-,19-/m1/s1. The van der Waals surface area contributed by atoms with Crippen LogP contribution in [0.5, 0.6) is 0 Å². The monoisotopic (exact) mass is 294 g/mol. The van der Waals surface area contributed by atoms with Crippen LogP contribution in [0.15, 0.2) is 29.8 Å². The maximum Gasteiger partial charge on any atom is 0.0461 e. The minimum absolute atomic E-state index is 0.567. The molecule has 0 radical (unpaired) electrons. The lowest BCUT2D eigenvalue weighted by atomic mass is 9.76. The second-order valence-electron chi connectivity index (χ2n) is 6.99. The third kappa shape index (κ3) is 1.97. The predicted molar refractivity (Wildman–Crippen MR) is 93.5 cm³/mol. The van der Waals surface area contributed by atoms with E-state index >= 15 is 0 Å². The van der Waals surface area contributed by atoms with Gasteiger partial charge in [0, 0.05) is 35.1 Å². The van der Waals surface area contributed by atoms with E-state index < -0.39 is 0 Å². The van der Waals surface area contributed by atoms with Crippen molar-refractivity contribution in [1.82, 2.24) is 9.88 Å². The largest absolute Gasteiger partial charge is 0.358 e. The topological polar surface area (TPSA) is 19.0 Å². The minimum atomic E-state index is 0.567. The molecule has 0 unspecified atom stereocenters. The van der Waals surface area contributed by atoms with Crippen LogP contribution >= 0.6 is 0 Å². The summed E-state index contributed by atoms with van der Waals surface area (Å²) in [5, 5.41) is 1.52. The van der Waals surface area contributed by atoms with Crippen LogP contribution in [0, 0.1) is 0 Å². The van der Waals surface area contributed by atoms with Crippen molar-refractivity contribution in [2.24, 2.45) is 0 Å². The van der Waals surface area contributed by atoms with Crippen LogP contribution in [0.2, 0.25) is 0 Å². The summed E-state index contributed by atoms with van der Waals surface area (Å²) < 4.78 is 0. The first-order valence-electron chi connectivity index (χ1n) is 8.76. The molecular formula is C20H26N2. The first-order chi connectivity index (χ1) is 10.7. The minimum Gasteiger partial charge on any atom is -0.358 e. The summed E-state index contributed by atoms with van der Waals surface area (Å²) in [6.07, 6.45) is 6.08. The molecule has 2 nitrogen and oxygen atoms in total. The van der Waals surface area contributed by atoms with Gasteiger partial charge in [-0.3, -0.25) is 4.90 Å². The van der Waals surface area contributed by atoms with E-state index in [4.69, 9.17) is 0 Å². The maximum atomic E-state index is 3.67. The Hall–Kier alpha value is -1.54. The highest BCUT2D eigenvalue weighted by Crippen LogP contribution is 2.43. The van der Waals surface area contributed by atoms with Crippen molar-refractivity contribution in [3.63, 3.8) is 0 Å². The normalized spacial score (nSPS) is 24.4. The lowest BCUT2D eigenvalue weighted by molar-refractivity contribution is 0.182. The fraction of sp³-hybridized carbons (Fsp3) is 0.500. The zero-order valence-corrected chi connectivity index (χ0v) is 13.9. The maximum absolute atomic E-state index is 3.67. The lowest BCUT2D eigenvalue weighted by Gasteiger charge is -2.43. The van der Waals surface area contributed by atoms with E-state index in [1.54, 1.807) is 11.1 Å². The number of aryl methyl sites for hydroxylation is 1. The van der Waals surface area contributed by atoms with Gasteiger partial charge in [0.1, 0.15) is 0 Å². The Bertz CT molecular complexity index is 737. The van der Waals surface area contributed by atoms with Gasteiger partial charge in [-0.25, -0.2) is 0 Å². The number of rotatable bonds is 3. The van der Waals surface area contributed by atoms with E-state index in [1.807, 2.05) is 0 Å². The molecule has 0 saturated carbocycles. The Kier molecular flexibility index (Phi) is 3.37. The summed E-state index contributed by atoms with van der Waals surface area (Å²) >= 11 is 0. The molecular weight excluding hydrogens is 268 g/mol. The molecule has 2 aromatic rings. The van der Waals surface area contributed by atoms with Crippen molar-refractivity contribution in [2.75, 3.05) is 13.1 Å². The second-order valence-corrected chi connectivity index (χ2v) is 6.99. The number of nitrogens with zero attached hydrogens (tertiary/aromatic N) is 1. The van der Waals surface area contributed by atoms with Gasteiger partial charge in [-0.05, 0) is 49.9 Å². The van der Waals surface area contributed by atoms with E-state index in [1.165, 1.54) is 41.6 Å². The van der Waals surface area contributed by atoms with Gasteiger partial charge in [0.2, 0.25) is 0 Å². The molecule has 0 amide bonds. The van der Waals surface area contributed by atoms with Crippen LogP contribution < -0.4 is 0 Å². The molecule has 2 heteroatoms. The number of hydrogen-bond acceptors (Lipinski definition) is 1. The van der Waals surface area contributed by atoms with Gasteiger partial charge in [0.15, 0.2) is 0 Å². The molecule has 0 fully saturated rings. The number of aromatic amines is 1. The first-order valence-corrected chi connectivity index (χ1v) is 8.76.